The summed E-state index contributed by atoms with van der Waals surface area (Å²) in [5.74, 6) is 0. The summed E-state index contributed by atoms with van der Waals surface area (Å²) in [4.78, 5) is 0. The van der Waals surface area contributed by atoms with Crippen LogP contribution in [0, 0.1) is 0 Å². The Morgan fingerprint density at radius 3 is 1.20 bits per heavy atom. The Labute approximate surface area is 158 Å². The van der Waals surface area contributed by atoms with Crippen molar-refractivity contribution < 1.29 is 13.3 Å². The van der Waals surface area contributed by atoms with E-state index in [0.29, 0.717) is 0 Å². The molecule has 0 rings (SSSR count). The van der Waals surface area contributed by atoms with E-state index in [1.165, 1.54) is 89.9 Å². The Kier molecular flexibility index (Phi) is 18.5. The molecule has 150 valence electrons. The van der Waals surface area contributed by atoms with Crippen molar-refractivity contribution >= 4 is 8.80 Å². The zero-order valence-electron chi connectivity index (χ0n) is 17.3. The smallest absolute Gasteiger partial charge is 0.377 e. The first kappa shape index (κ1) is 24.8. The van der Waals surface area contributed by atoms with Gasteiger partial charge in [-0.1, -0.05) is 83.1 Å². The summed E-state index contributed by atoms with van der Waals surface area (Å²) in [6, 6.07) is 0.935. The topological polar surface area (TPSA) is 27.7 Å². The predicted octanol–water partition coefficient (Wildman–Crippen LogP) is 6.90. The van der Waals surface area contributed by atoms with E-state index in [1.54, 1.807) is 21.3 Å². The highest BCUT2D eigenvalue weighted by Crippen LogP contribution is 2.18. The van der Waals surface area contributed by atoms with E-state index in [2.05, 4.69) is 6.58 Å². The van der Waals surface area contributed by atoms with Gasteiger partial charge in [-0.3, -0.25) is 0 Å². The fourth-order valence-corrected chi connectivity index (χ4v) is 5.10. The Balaban J connectivity index is 3.22. The van der Waals surface area contributed by atoms with Crippen LogP contribution in [0.25, 0.3) is 0 Å². The van der Waals surface area contributed by atoms with Gasteiger partial charge in [-0.05, 0) is 19.3 Å². The lowest BCUT2D eigenvalue weighted by Crippen LogP contribution is -2.42. The molecule has 0 fully saturated rings. The summed E-state index contributed by atoms with van der Waals surface area (Å²) in [7, 11) is 2.76. The number of hydrogen-bond donors (Lipinski definition) is 0. The molecular weight excluding hydrogens is 328 g/mol. The molecule has 0 heterocycles. The van der Waals surface area contributed by atoms with Gasteiger partial charge in [-0.25, -0.2) is 0 Å². The Morgan fingerprint density at radius 2 is 0.880 bits per heavy atom. The van der Waals surface area contributed by atoms with Crippen LogP contribution in [-0.4, -0.2) is 30.1 Å². The fraction of sp³-hybridized carbons (Fsp3) is 0.905. The Bertz CT molecular complexity index is 272. The first-order chi connectivity index (χ1) is 12.2. The third-order valence-electron chi connectivity index (χ3n) is 5.07. The van der Waals surface area contributed by atoms with E-state index in [1.807, 2.05) is 6.08 Å². The van der Waals surface area contributed by atoms with Crippen molar-refractivity contribution in [2.24, 2.45) is 0 Å². The minimum atomic E-state index is -2.33. The molecule has 0 saturated carbocycles. The third-order valence-corrected chi connectivity index (χ3v) is 7.91. The fourth-order valence-electron chi connectivity index (χ4n) is 3.31. The van der Waals surface area contributed by atoms with Crippen molar-refractivity contribution in [2.75, 3.05) is 21.3 Å². The average Bonchev–Trinajstić information content (AvgIpc) is 2.65. The van der Waals surface area contributed by atoms with E-state index in [9.17, 15) is 0 Å². The van der Waals surface area contributed by atoms with Crippen molar-refractivity contribution in [3.8, 4) is 0 Å². The molecule has 25 heavy (non-hydrogen) atoms. The van der Waals surface area contributed by atoms with Crippen LogP contribution in [-0.2, 0) is 13.3 Å². The molecule has 0 aliphatic carbocycles. The second-order valence-electron chi connectivity index (χ2n) is 7.07. The molecular formula is C21H44O3Si. The van der Waals surface area contributed by atoms with Crippen LogP contribution in [0.3, 0.4) is 0 Å². The van der Waals surface area contributed by atoms with E-state index in [-0.39, 0.29) is 0 Å². The molecule has 0 aromatic carbocycles. The highest BCUT2D eigenvalue weighted by molar-refractivity contribution is 6.60. The van der Waals surface area contributed by atoms with Crippen molar-refractivity contribution in [3.05, 3.63) is 12.7 Å². The summed E-state index contributed by atoms with van der Waals surface area (Å²) in [5.41, 5.74) is 0. The molecule has 0 spiro atoms. The second-order valence-corrected chi connectivity index (χ2v) is 10.2. The van der Waals surface area contributed by atoms with Crippen LogP contribution in [0.5, 0.6) is 0 Å². The maximum atomic E-state index is 5.45. The van der Waals surface area contributed by atoms with Gasteiger partial charge >= 0.3 is 8.80 Å². The van der Waals surface area contributed by atoms with E-state index in [0.717, 1.165) is 12.5 Å². The molecule has 0 aromatic heterocycles. The van der Waals surface area contributed by atoms with Crippen LogP contribution in [0.2, 0.25) is 6.04 Å². The lowest BCUT2D eigenvalue weighted by molar-refractivity contribution is 0.122. The van der Waals surface area contributed by atoms with Crippen molar-refractivity contribution in [1.29, 1.82) is 0 Å². The van der Waals surface area contributed by atoms with Gasteiger partial charge in [0.1, 0.15) is 0 Å². The summed E-state index contributed by atoms with van der Waals surface area (Å²) in [6.45, 7) is 3.77. The zero-order chi connectivity index (χ0) is 18.6. The van der Waals surface area contributed by atoms with Gasteiger partial charge in [0.2, 0.25) is 0 Å². The Hall–Kier alpha value is -0.163. The van der Waals surface area contributed by atoms with Gasteiger partial charge in [0, 0.05) is 27.4 Å². The SMILES string of the molecule is C=CCCCCCCCCCCCCCCCC[Si](OC)(OC)OC. The van der Waals surface area contributed by atoms with Gasteiger partial charge in [-0.15, -0.1) is 6.58 Å². The van der Waals surface area contributed by atoms with Crippen molar-refractivity contribution in [3.63, 3.8) is 0 Å². The van der Waals surface area contributed by atoms with Crippen LogP contribution >= 0.6 is 0 Å². The normalized spacial score (nSPS) is 11.8. The van der Waals surface area contributed by atoms with Gasteiger partial charge in [0.15, 0.2) is 0 Å². The highest BCUT2D eigenvalue weighted by atomic mass is 28.4. The largest absolute Gasteiger partial charge is 0.500 e. The summed E-state index contributed by atoms with van der Waals surface area (Å²) >= 11 is 0. The molecule has 0 bridgehead atoms. The van der Waals surface area contributed by atoms with Gasteiger partial charge in [0.05, 0.1) is 0 Å². The molecule has 0 radical (unpaired) electrons. The lowest BCUT2D eigenvalue weighted by Gasteiger charge is -2.24. The van der Waals surface area contributed by atoms with Crippen LogP contribution in [0.4, 0.5) is 0 Å². The molecule has 0 N–H and O–H groups in total. The minimum absolute atomic E-state index is 0.935. The van der Waals surface area contributed by atoms with Gasteiger partial charge < -0.3 is 13.3 Å². The number of allylic oxidation sites excluding steroid dienone is 1. The maximum Gasteiger partial charge on any atom is 0.500 e. The molecule has 0 saturated heterocycles. The summed E-state index contributed by atoms with van der Waals surface area (Å²) in [6.07, 6.45) is 22.4. The quantitative estimate of drug-likeness (QED) is 0.132. The molecule has 3 nitrogen and oxygen atoms in total. The van der Waals surface area contributed by atoms with Crippen molar-refractivity contribution in [1.82, 2.24) is 0 Å². The molecule has 0 amide bonds. The zero-order valence-corrected chi connectivity index (χ0v) is 18.3. The average molecular weight is 373 g/mol. The lowest BCUT2D eigenvalue weighted by atomic mass is 10.0. The molecule has 0 aliphatic heterocycles. The first-order valence-electron chi connectivity index (χ1n) is 10.5. The van der Waals surface area contributed by atoms with Gasteiger partial charge in [-0.2, -0.15) is 0 Å². The minimum Gasteiger partial charge on any atom is -0.377 e. The molecule has 0 aromatic rings. The summed E-state index contributed by atoms with van der Waals surface area (Å²) < 4.78 is 16.4. The molecule has 0 unspecified atom stereocenters. The van der Waals surface area contributed by atoms with E-state index >= 15 is 0 Å². The Morgan fingerprint density at radius 1 is 0.560 bits per heavy atom. The van der Waals surface area contributed by atoms with Crippen LogP contribution in [0.15, 0.2) is 12.7 Å². The van der Waals surface area contributed by atoms with E-state index < -0.39 is 8.80 Å². The predicted molar refractivity (Wildman–Crippen MR) is 111 cm³/mol. The third kappa shape index (κ3) is 14.7. The maximum absolute atomic E-state index is 5.45. The number of unbranched alkanes of at least 4 members (excludes halogenated alkanes) is 14. The van der Waals surface area contributed by atoms with E-state index in [4.69, 9.17) is 13.3 Å². The number of hydrogen-bond acceptors (Lipinski definition) is 3. The van der Waals surface area contributed by atoms with Gasteiger partial charge in [0.25, 0.3) is 0 Å². The van der Waals surface area contributed by atoms with Crippen LogP contribution < -0.4 is 0 Å². The first-order valence-corrected chi connectivity index (χ1v) is 12.4. The monoisotopic (exact) mass is 372 g/mol. The number of rotatable bonds is 20. The summed E-state index contributed by atoms with van der Waals surface area (Å²) in [5, 5.41) is 0. The molecule has 0 atom stereocenters. The molecule has 0 aliphatic rings. The highest BCUT2D eigenvalue weighted by Gasteiger charge is 2.36. The molecule has 4 heteroatoms. The second kappa shape index (κ2) is 18.6. The van der Waals surface area contributed by atoms with Crippen LogP contribution in [0.1, 0.15) is 96.3 Å². The van der Waals surface area contributed by atoms with Crippen molar-refractivity contribution in [2.45, 2.75) is 102 Å². The standard InChI is InChI=1S/C21H44O3Si/c1-5-6-7-8-9-10-11-12-13-14-15-16-17-18-19-20-21-25(22-2,23-3)24-4/h5H,1,6-21H2,2-4H3.